The van der Waals surface area contributed by atoms with Gasteiger partial charge in [-0.15, -0.1) is 0 Å². The number of hydrogen-bond donors (Lipinski definition) is 0. The molecule has 0 fully saturated rings. The lowest BCUT2D eigenvalue weighted by Gasteiger charge is -2.24. The minimum Gasteiger partial charge on any atom is -0.443 e. The third-order valence-corrected chi connectivity index (χ3v) is 4.04. The Morgan fingerprint density at radius 3 is 2.57 bits per heavy atom. The molecule has 0 bridgehead atoms. The van der Waals surface area contributed by atoms with Gasteiger partial charge in [0, 0.05) is 6.54 Å². The molecule has 1 aliphatic rings. The first-order chi connectivity index (χ1) is 10.8. The highest BCUT2D eigenvalue weighted by molar-refractivity contribution is 5.91. The smallest absolute Gasteiger partial charge is 0.414 e. The molecule has 0 radical (unpaired) electrons. The summed E-state index contributed by atoms with van der Waals surface area (Å²) in [5, 5.41) is 0. The Bertz CT molecular complexity index is 744. The molecule has 1 heterocycles. The summed E-state index contributed by atoms with van der Waals surface area (Å²) in [5.74, 6) is 0. The largest absolute Gasteiger partial charge is 0.443 e. The van der Waals surface area contributed by atoms with Gasteiger partial charge in [0.05, 0.1) is 5.69 Å². The van der Waals surface area contributed by atoms with Crippen molar-refractivity contribution in [1.82, 2.24) is 0 Å². The fraction of sp³-hybridized carbons (Fsp3) is 0.350. The quantitative estimate of drug-likeness (QED) is 0.745. The Morgan fingerprint density at radius 2 is 1.87 bits per heavy atom. The van der Waals surface area contributed by atoms with Gasteiger partial charge in [0.2, 0.25) is 0 Å². The summed E-state index contributed by atoms with van der Waals surface area (Å²) in [4.78, 5) is 14.1. The lowest BCUT2D eigenvalue weighted by molar-refractivity contribution is 0.0584. The number of nitrogens with zero attached hydrogens (tertiary/aromatic N) is 1. The highest BCUT2D eigenvalue weighted by Crippen LogP contribution is 2.34. The second-order valence-electron chi connectivity index (χ2n) is 7.04. The van der Waals surface area contributed by atoms with Crippen molar-refractivity contribution in [3.05, 3.63) is 53.6 Å². The number of carbonyl (C=O) groups is 1. The third kappa shape index (κ3) is 3.24. The van der Waals surface area contributed by atoms with E-state index in [1.165, 1.54) is 22.3 Å². The van der Waals surface area contributed by atoms with Crippen molar-refractivity contribution >= 4 is 11.8 Å². The summed E-state index contributed by atoms with van der Waals surface area (Å²) < 4.78 is 5.50. The van der Waals surface area contributed by atoms with Crippen LogP contribution in [0.25, 0.3) is 11.1 Å². The summed E-state index contributed by atoms with van der Waals surface area (Å²) in [7, 11) is 0. The minimum absolute atomic E-state index is 0.264. The molecule has 0 unspecified atom stereocenters. The Balaban J connectivity index is 1.89. The predicted molar refractivity (Wildman–Crippen MR) is 93.9 cm³/mol. The van der Waals surface area contributed by atoms with Crippen molar-refractivity contribution < 1.29 is 9.53 Å². The summed E-state index contributed by atoms with van der Waals surface area (Å²) in [6.45, 7) is 8.48. The molecule has 1 amide bonds. The van der Waals surface area contributed by atoms with E-state index in [4.69, 9.17) is 4.74 Å². The number of hydrogen-bond acceptors (Lipinski definition) is 2. The van der Waals surface area contributed by atoms with E-state index in [-0.39, 0.29) is 6.09 Å². The molecule has 3 heteroatoms. The molecular formula is C20H23NO2. The first kappa shape index (κ1) is 15.6. The molecule has 120 valence electrons. The van der Waals surface area contributed by atoms with Crippen LogP contribution in [0.2, 0.25) is 0 Å². The van der Waals surface area contributed by atoms with Crippen LogP contribution >= 0.6 is 0 Å². The molecule has 0 aliphatic carbocycles. The summed E-state index contributed by atoms with van der Waals surface area (Å²) >= 11 is 0. The normalized spacial score (nSPS) is 13.8. The van der Waals surface area contributed by atoms with Gasteiger partial charge in [-0.3, -0.25) is 4.90 Å². The lowest BCUT2D eigenvalue weighted by Crippen LogP contribution is -2.35. The van der Waals surface area contributed by atoms with Crippen LogP contribution in [0.4, 0.5) is 10.5 Å². The van der Waals surface area contributed by atoms with Gasteiger partial charge in [-0.2, -0.15) is 0 Å². The maximum absolute atomic E-state index is 12.3. The zero-order valence-corrected chi connectivity index (χ0v) is 14.2. The Kier molecular flexibility index (Phi) is 3.88. The molecular weight excluding hydrogens is 286 g/mol. The first-order valence-corrected chi connectivity index (χ1v) is 8.04. The number of rotatable bonds is 1. The van der Waals surface area contributed by atoms with E-state index in [9.17, 15) is 4.79 Å². The highest BCUT2D eigenvalue weighted by atomic mass is 16.6. The van der Waals surface area contributed by atoms with Crippen LogP contribution in [0.5, 0.6) is 0 Å². The van der Waals surface area contributed by atoms with E-state index in [1.54, 1.807) is 4.90 Å². The molecule has 23 heavy (non-hydrogen) atoms. The Hall–Kier alpha value is -2.29. The minimum atomic E-state index is -0.471. The second-order valence-corrected chi connectivity index (χ2v) is 7.04. The Morgan fingerprint density at radius 1 is 1.13 bits per heavy atom. The third-order valence-electron chi connectivity index (χ3n) is 4.04. The average molecular weight is 309 g/mol. The lowest BCUT2D eigenvalue weighted by atomic mass is 9.98. The molecule has 0 atom stereocenters. The number of carbonyl (C=O) groups excluding carboxylic acids is 1. The number of fused-ring (bicyclic) bond motifs is 1. The Labute approximate surface area is 137 Å². The van der Waals surface area contributed by atoms with Crippen LogP contribution in [0.3, 0.4) is 0 Å². The van der Waals surface area contributed by atoms with Crippen LogP contribution in [-0.4, -0.2) is 18.2 Å². The van der Waals surface area contributed by atoms with Gasteiger partial charge in [-0.25, -0.2) is 4.79 Å². The number of amides is 1. The fourth-order valence-corrected chi connectivity index (χ4v) is 2.97. The van der Waals surface area contributed by atoms with Gasteiger partial charge >= 0.3 is 6.09 Å². The molecule has 0 saturated heterocycles. The van der Waals surface area contributed by atoms with Gasteiger partial charge in [-0.05, 0) is 68.5 Å². The van der Waals surface area contributed by atoms with Crippen molar-refractivity contribution in [1.29, 1.82) is 0 Å². The zero-order valence-electron chi connectivity index (χ0n) is 14.2. The molecule has 1 aliphatic heterocycles. The monoisotopic (exact) mass is 309 g/mol. The zero-order chi connectivity index (χ0) is 16.6. The molecule has 2 aromatic rings. The van der Waals surface area contributed by atoms with Crippen LogP contribution in [0.1, 0.15) is 31.9 Å². The molecule has 3 nitrogen and oxygen atoms in total. The number of anilines is 1. The van der Waals surface area contributed by atoms with E-state index in [0.29, 0.717) is 6.54 Å². The average Bonchev–Trinajstić information content (AvgIpc) is 2.89. The number of aryl methyl sites for hydroxylation is 1. The maximum atomic E-state index is 12.3. The molecule has 0 spiro atoms. The predicted octanol–water partition coefficient (Wildman–Crippen LogP) is 4.96. The molecule has 0 N–H and O–H groups in total. The summed E-state index contributed by atoms with van der Waals surface area (Å²) in [5.41, 5.74) is 5.41. The van der Waals surface area contributed by atoms with Crippen molar-refractivity contribution in [3.63, 3.8) is 0 Å². The topological polar surface area (TPSA) is 29.5 Å². The fourth-order valence-electron chi connectivity index (χ4n) is 2.97. The van der Waals surface area contributed by atoms with Crippen LogP contribution in [-0.2, 0) is 11.2 Å². The van der Waals surface area contributed by atoms with Crippen LogP contribution in [0.15, 0.2) is 42.5 Å². The van der Waals surface area contributed by atoms with Crippen molar-refractivity contribution in [2.45, 2.75) is 39.7 Å². The van der Waals surface area contributed by atoms with Crippen molar-refractivity contribution in [3.8, 4) is 11.1 Å². The van der Waals surface area contributed by atoms with Crippen molar-refractivity contribution in [2.75, 3.05) is 11.4 Å². The van der Waals surface area contributed by atoms with E-state index in [1.807, 2.05) is 26.8 Å². The van der Waals surface area contributed by atoms with Gasteiger partial charge in [-0.1, -0.05) is 30.3 Å². The first-order valence-electron chi connectivity index (χ1n) is 8.04. The van der Waals surface area contributed by atoms with E-state index in [0.717, 1.165) is 12.1 Å². The van der Waals surface area contributed by atoms with E-state index < -0.39 is 5.60 Å². The molecule has 0 saturated carbocycles. The second kappa shape index (κ2) is 5.73. The van der Waals surface area contributed by atoms with E-state index in [2.05, 4.69) is 43.3 Å². The van der Waals surface area contributed by atoms with Crippen LogP contribution in [0, 0.1) is 6.92 Å². The molecule has 3 rings (SSSR count). The van der Waals surface area contributed by atoms with Gasteiger partial charge in [0.25, 0.3) is 0 Å². The highest BCUT2D eigenvalue weighted by Gasteiger charge is 2.29. The maximum Gasteiger partial charge on any atom is 0.414 e. The van der Waals surface area contributed by atoms with E-state index >= 15 is 0 Å². The SMILES string of the molecule is Cc1ccccc1-c1ccc2c(c1)CCN2C(=O)OC(C)(C)C. The number of benzene rings is 2. The summed E-state index contributed by atoms with van der Waals surface area (Å²) in [6.07, 6.45) is 0.605. The van der Waals surface area contributed by atoms with Gasteiger partial charge < -0.3 is 4.74 Å². The number of ether oxygens (including phenoxy) is 1. The standard InChI is InChI=1S/C20H23NO2/c1-14-7-5-6-8-17(14)15-9-10-18-16(13-15)11-12-21(18)19(22)23-20(2,3)4/h5-10,13H,11-12H2,1-4H3. The molecule has 0 aromatic heterocycles. The van der Waals surface area contributed by atoms with Crippen molar-refractivity contribution in [2.24, 2.45) is 0 Å². The van der Waals surface area contributed by atoms with Gasteiger partial charge in [0.1, 0.15) is 5.60 Å². The molecule has 2 aromatic carbocycles. The van der Waals surface area contributed by atoms with Gasteiger partial charge in [0.15, 0.2) is 0 Å². The van der Waals surface area contributed by atoms with Crippen LogP contribution < -0.4 is 4.90 Å². The summed E-state index contributed by atoms with van der Waals surface area (Å²) in [6, 6.07) is 14.7.